The molecule has 0 amide bonds. The van der Waals surface area contributed by atoms with Gasteiger partial charge in [-0.3, -0.25) is 0 Å². The maximum atomic E-state index is 7.15. The molecule has 5 heteroatoms. The van der Waals surface area contributed by atoms with Crippen LogP contribution in [0.4, 0.5) is 45.5 Å². The third-order valence-corrected chi connectivity index (χ3v) is 20.7. The molecule has 2 aliphatic heterocycles. The summed E-state index contributed by atoms with van der Waals surface area (Å²) in [6.45, 7) is 31.7. The van der Waals surface area contributed by atoms with Crippen molar-refractivity contribution in [3.8, 4) is 22.3 Å². The van der Waals surface area contributed by atoms with Gasteiger partial charge in [0.2, 0.25) is 0 Å². The van der Waals surface area contributed by atoms with E-state index in [0.29, 0.717) is 0 Å². The molecular weight excluding hydrogens is 994 g/mol. The van der Waals surface area contributed by atoms with Crippen molar-refractivity contribution in [1.82, 2.24) is 0 Å². The maximum Gasteiger partial charge on any atom is 0.333 e. The number of fused-ring (bicyclic) bond motifs is 13. The summed E-state index contributed by atoms with van der Waals surface area (Å²) in [5.74, 6) is 0. The number of para-hydroxylation sites is 2. The van der Waals surface area contributed by atoms with Gasteiger partial charge in [0.1, 0.15) is 11.2 Å². The fraction of sp³-hybridized carbons (Fsp3) is 0.299. The van der Waals surface area contributed by atoms with Crippen molar-refractivity contribution >= 4 is 85.2 Å². The van der Waals surface area contributed by atoms with E-state index in [0.717, 1.165) is 64.0 Å². The second kappa shape index (κ2) is 17.2. The van der Waals surface area contributed by atoms with Crippen LogP contribution in [-0.4, -0.2) is 6.85 Å². The molecule has 0 N–H and O–H groups in total. The molecule has 5 aliphatic rings. The van der Waals surface area contributed by atoms with Crippen LogP contribution >= 0.6 is 0 Å². The number of rotatable bonds is 5. The van der Waals surface area contributed by atoms with E-state index in [9.17, 15) is 0 Å². The van der Waals surface area contributed by atoms with Crippen molar-refractivity contribution in [2.24, 2.45) is 0 Å². The topological polar surface area (TPSA) is 22.9 Å². The van der Waals surface area contributed by atoms with Gasteiger partial charge in [0.05, 0.1) is 0 Å². The average molecular weight is 1070 g/mol. The first-order valence-corrected chi connectivity index (χ1v) is 30.3. The van der Waals surface area contributed by atoms with Gasteiger partial charge in [-0.15, -0.1) is 0 Å². The van der Waals surface area contributed by atoms with E-state index in [2.05, 4.69) is 281 Å². The highest BCUT2D eigenvalue weighted by Gasteiger charge is 2.52. The molecule has 4 nitrogen and oxygen atoms in total. The number of benzene rings is 9. The van der Waals surface area contributed by atoms with Gasteiger partial charge in [0.25, 0.3) is 0 Å². The molecule has 0 atom stereocenters. The highest BCUT2D eigenvalue weighted by molar-refractivity contribution is 6.93. The van der Waals surface area contributed by atoms with Crippen molar-refractivity contribution in [1.29, 1.82) is 0 Å². The monoisotopic (exact) mass is 1070 g/mol. The lowest BCUT2D eigenvalue weighted by Crippen LogP contribution is -2.62. The van der Waals surface area contributed by atoms with Gasteiger partial charge in [0, 0.05) is 73.3 Å². The fourth-order valence-electron chi connectivity index (χ4n) is 15.7. The summed E-state index contributed by atoms with van der Waals surface area (Å²) in [5.41, 5.74) is 28.9. The van der Waals surface area contributed by atoms with Crippen LogP contribution in [0, 0.1) is 0 Å². The van der Waals surface area contributed by atoms with E-state index in [1.807, 2.05) is 0 Å². The zero-order chi connectivity index (χ0) is 56.8. The highest BCUT2D eigenvalue weighted by Crippen LogP contribution is 2.60. The molecule has 15 rings (SSSR count). The third-order valence-electron chi connectivity index (χ3n) is 20.7. The predicted octanol–water partition coefficient (Wildman–Crippen LogP) is 20.1. The molecule has 9 aromatic carbocycles. The first-order valence-electron chi connectivity index (χ1n) is 30.3. The summed E-state index contributed by atoms with van der Waals surface area (Å²) in [4.78, 5) is 7.87. The Morgan fingerprint density at radius 2 is 1.01 bits per heavy atom. The number of nitrogens with zero attached hydrogens (tertiary/aromatic N) is 3. The molecule has 10 aromatic rings. The van der Waals surface area contributed by atoms with Gasteiger partial charge in [-0.05, 0) is 204 Å². The lowest BCUT2D eigenvalue weighted by atomic mass is 9.42. The minimum Gasteiger partial charge on any atom is -0.456 e. The number of hydrogen-bond donors (Lipinski definition) is 0. The molecule has 0 saturated carbocycles. The smallest absolute Gasteiger partial charge is 0.333 e. The van der Waals surface area contributed by atoms with Crippen molar-refractivity contribution in [2.45, 2.75) is 148 Å². The molecule has 0 saturated heterocycles. The predicted molar refractivity (Wildman–Crippen MR) is 349 cm³/mol. The largest absolute Gasteiger partial charge is 0.456 e. The molecule has 3 heterocycles. The molecule has 0 bridgehead atoms. The Bertz CT molecular complexity index is 4260. The van der Waals surface area contributed by atoms with Crippen LogP contribution in [-0.2, 0) is 32.5 Å². The van der Waals surface area contributed by atoms with Crippen LogP contribution in [0.25, 0.3) is 44.2 Å². The van der Waals surface area contributed by atoms with Crippen LogP contribution < -0.4 is 25.5 Å². The van der Waals surface area contributed by atoms with Crippen LogP contribution in [0.2, 0.25) is 0 Å². The second-order valence-corrected chi connectivity index (χ2v) is 29.1. The zero-order valence-corrected chi connectivity index (χ0v) is 50.4. The Kier molecular flexibility index (Phi) is 10.7. The molecule has 3 aliphatic carbocycles. The fourth-order valence-corrected chi connectivity index (χ4v) is 15.7. The molecule has 0 unspecified atom stereocenters. The highest BCUT2D eigenvalue weighted by atomic mass is 16.3. The third kappa shape index (κ3) is 7.36. The van der Waals surface area contributed by atoms with E-state index in [1.54, 1.807) is 0 Å². The first kappa shape index (κ1) is 51.1. The van der Waals surface area contributed by atoms with Crippen molar-refractivity contribution < 1.29 is 4.42 Å². The van der Waals surface area contributed by atoms with Crippen molar-refractivity contribution in [3.05, 3.63) is 215 Å². The van der Waals surface area contributed by atoms with Crippen LogP contribution in [0.1, 0.15) is 155 Å². The standard InChI is InChI=1S/C77H76BN3O/c1-72(2,3)47-28-30-50(31-29-47)81-65-46-68-56(55-40-51(33-35-67(55)82-68)79(48-22-16-14-17-23-48)49-24-18-15-19-25-49)42-54(65)58-43-57-53-26-20-21-27-59(53)77(12,13)69(57)71-70(58)78(81)64-44-62-63(76(10,11)39-38-75(62,8)9)45-66(64)80(71)52-32-34-60-61(41-52)74(6,7)37-36-73(60,4)5/h14-35,40-46H,36-39H2,1-13H3. The lowest BCUT2D eigenvalue weighted by Gasteiger charge is -2.50. The van der Waals surface area contributed by atoms with Gasteiger partial charge in [0.15, 0.2) is 0 Å². The molecule has 0 spiro atoms. The van der Waals surface area contributed by atoms with Crippen molar-refractivity contribution in [3.63, 3.8) is 0 Å². The Morgan fingerprint density at radius 1 is 0.439 bits per heavy atom. The molecular formula is C77H76BN3O. The van der Waals surface area contributed by atoms with Gasteiger partial charge in [-0.25, -0.2) is 0 Å². The van der Waals surface area contributed by atoms with Gasteiger partial charge >= 0.3 is 6.85 Å². The summed E-state index contributed by atoms with van der Waals surface area (Å²) in [7, 11) is 0. The number of anilines is 8. The minimum absolute atomic E-state index is 0.0107. The summed E-state index contributed by atoms with van der Waals surface area (Å²) >= 11 is 0. The zero-order valence-electron chi connectivity index (χ0n) is 50.4. The quantitative estimate of drug-likeness (QED) is 0.160. The SMILES string of the molecule is CC(C)(C)c1ccc(N2B3c4cc5c(cc4N(c4ccc6c(c4)C(C)(C)CCC6(C)C)c4c3c(cc3c4C(C)(C)c4ccccc4-3)-c3cc4c(cc32)oc2ccc(N(c3ccccc3)c3ccccc3)cc24)C(C)(C)CCC5(C)C)cc1. The Hall–Kier alpha value is -7.76. The van der Waals surface area contributed by atoms with Crippen LogP contribution in [0.5, 0.6) is 0 Å². The number of furan rings is 1. The minimum atomic E-state index is -0.314. The number of hydrogen-bond acceptors (Lipinski definition) is 4. The summed E-state index contributed by atoms with van der Waals surface area (Å²) in [6, 6.07) is 67.6. The second-order valence-electron chi connectivity index (χ2n) is 29.1. The van der Waals surface area contributed by atoms with E-state index >= 15 is 0 Å². The van der Waals surface area contributed by atoms with Crippen LogP contribution in [0.3, 0.4) is 0 Å². The Labute approximate surface area is 486 Å². The van der Waals surface area contributed by atoms with E-state index in [1.165, 1.54) is 101 Å². The average Bonchev–Trinajstić information content (AvgIpc) is 2.07. The van der Waals surface area contributed by atoms with E-state index < -0.39 is 0 Å². The molecule has 1 aromatic heterocycles. The first-order chi connectivity index (χ1) is 39.0. The van der Waals surface area contributed by atoms with Crippen LogP contribution in [0.15, 0.2) is 180 Å². The summed E-state index contributed by atoms with van der Waals surface area (Å²) in [6.07, 6.45) is 4.60. The van der Waals surface area contributed by atoms with Gasteiger partial charge in [-0.2, -0.15) is 0 Å². The molecule has 408 valence electrons. The lowest BCUT2D eigenvalue weighted by molar-refractivity contribution is 0.332. The maximum absolute atomic E-state index is 7.15. The molecule has 82 heavy (non-hydrogen) atoms. The Morgan fingerprint density at radius 3 is 1.66 bits per heavy atom. The molecule has 0 fully saturated rings. The van der Waals surface area contributed by atoms with Gasteiger partial charge in [-0.1, -0.05) is 175 Å². The summed E-state index contributed by atoms with van der Waals surface area (Å²) in [5, 5.41) is 2.21. The summed E-state index contributed by atoms with van der Waals surface area (Å²) < 4.78 is 7.15. The van der Waals surface area contributed by atoms with Crippen molar-refractivity contribution in [2.75, 3.05) is 14.6 Å². The van der Waals surface area contributed by atoms with E-state index in [4.69, 9.17) is 4.42 Å². The molecule has 0 radical (unpaired) electrons. The van der Waals surface area contributed by atoms with Gasteiger partial charge < -0.3 is 19.0 Å². The normalized spacial score (nSPS) is 18.0. The Balaban J connectivity index is 1.09. The van der Waals surface area contributed by atoms with E-state index in [-0.39, 0.29) is 39.3 Å².